The van der Waals surface area contributed by atoms with Crippen molar-refractivity contribution in [3.05, 3.63) is 53.6 Å². The maximum absolute atomic E-state index is 9.42. The van der Waals surface area contributed by atoms with E-state index in [0.29, 0.717) is 28.7 Å². The summed E-state index contributed by atoms with van der Waals surface area (Å²) >= 11 is 6.06. The monoisotopic (exact) mass is 326 g/mol. The number of fused-ring (bicyclic) bond motifs is 1. The molecule has 0 aromatic carbocycles. The number of aromatic nitrogens is 6. The molecule has 2 N–H and O–H groups in total. The van der Waals surface area contributed by atoms with Crippen LogP contribution in [0.2, 0.25) is 5.15 Å². The Morgan fingerprint density at radius 3 is 3.00 bits per heavy atom. The minimum atomic E-state index is -0.0159. The quantitative estimate of drug-likeness (QED) is 0.564. The number of hydrogen-bond donors (Lipinski definition) is 2. The molecule has 0 fully saturated rings. The van der Waals surface area contributed by atoms with Crippen molar-refractivity contribution in [3.63, 3.8) is 0 Å². The molecule has 0 aliphatic carbocycles. The molecule has 0 aliphatic heterocycles. The lowest BCUT2D eigenvalue weighted by atomic mass is 10.1. The van der Waals surface area contributed by atoms with Crippen LogP contribution in [0.1, 0.15) is 5.69 Å². The average molecular weight is 327 g/mol. The second-order valence-electron chi connectivity index (χ2n) is 5.02. The SMILES string of the molecule is Oc1cccc(Cn2cc(-c3cc(Cl)nc4[nH]ccc34)nn2)n1. The maximum Gasteiger partial charge on any atom is 0.210 e. The molecule has 4 aromatic heterocycles. The van der Waals surface area contributed by atoms with Gasteiger partial charge in [0, 0.05) is 23.2 Å². The fraction of sp³-hybridized carbons (Fsp3) is 0.0667. The van der Waals surface area contributed by atoms with Gasteiger partial charge in [-0.25, -0.2) is 14.6 Å². The first-order valence-electron chi connectivity index (χ1n) is 6.88. The van der Waals surface area contributed by atoms with Crippen molar-refractivity contribution in [1.29, 1.82) is 0 Å². The van der Waals surface area contributed by atoms with Gasteiger partial charge >= 0.3 is 0 Å². The Bertz CT molecular complexity index is 992. The molecule has 114 valence electrons. The Balaban J connectivity index is 1.71. The molecule has 0 saturated carbocycles. The molecule has 4 aromatic rings. The van der Waals surface area contributed by atoms with Gasteiger partial charge in [-0.15, -0.1) is 5.10 Å². The lowest BCUT2D eigenvalue weighted by Gasteiger charge is -2.01. The summed E-state index contributed by atoms with van der Waals surface area (Å²) in [5, 5.41) is 19.0. The van der Waals surface area contributed by atoms with E-state index in [2.05, 4.69) is 25.3 Å². The summed E-state index contributed by atoms with van der Waals surface area (Å²) in [6.45, 7) is 0.413. The van der Waals surface area contributed by atoms with E-state index in [4.69, 9.17) is 11.6 Å². The van der Waals surface area contributed by atoms with Crippen molar-refractivity contribution in [2.24, 2.45) is 0 Å². The highest BCUT2D eigenvalue weighted by atomic mass is 35.5. The summed E-state index contributed by atoms with van der Waals surface area (Å²) in [6.07, 6.45) is 3.61. The highest BCUT2D eigenvalue weighted by Crippen LogP contribution is 2.28. The molecule has 4 rings (SSSR count). The molecule has 7 nitrogen and oxygen atoms in total. The molecule has 23 heavy (non-hydrogen) atoms. The van der Waals surface area contributed by atoms with E-state index < -0.39 is 0 Å². The van der Waals surface area contributed by atoms with E-state index in [9.17, 15) is 5.11 Å². The van der Waals surface area contributed by atoms with Gasteiger partial charge in [0.05, 0.1) is 18.4 Å². The minimum Gasteiger partial charge on any atom is -0.493 e. The standard InChI is InChI=1S/C15H11ClN6O/c16-13-6-11(10-4-5-17-15(10)19-13)12-8-22(21-20-12)7-9-2-1-3-14(23)18-9/h1-6,8H,7H2,(H,17,19)(H,18,23). The number of halogens is 1. The predicted octanol–water partition coefficient (Wildman–Crippen LogP) is 2.62. The van der Waals surface area contributed by atoms with Gasteiger partial charge in [0.1, 0.15) is 16.5 Å². The zero-order chi connectivity index (χ0) is 15.8. The summed E-state index contributed by atoms with van der Waals surface area (Å²) < 4.78 is 1.66. The number of pyridine rings is 2. The third-order valence-corrected chi connectivity index (χ3v) is 3.62. The fourth-order valence-corrected chi connectivity index (χ4v) is 2.63. The van der Waals surface area contributed by atoms with E-state index >= 15 is 0 Å². The van der Waals surface area contributed by atoms with Crippen LogP contribution in [0.3, 0.4) is 0 Å². The highest BCUT2D eigenvalue weighted by Gasteiger charge is 2.12. The van der Waals surface area contributed by atoms with Crippen LogP contribution < -0.4 is 0 Å². The highest BCUT2D eigenvalue weighted by molar-refractivity contribution is 6.30. The predicted molar refractivity (Wildman–Crippen MR) is 85.1 cm³/mol. The Hall–Kier alpha value is -2.93. The molecular formula is C15H11ClN6O. The van der Waals surface area contributed by atoms with E-state index in [1.807, 2.05) is 18.3 Å². The molecule has 0 bridgehead atoms. The Kier molecular flexibility index (Phi) is 3.20. The number of rotatable bonds is 3. The first-order valence-corrected chi connectivity index (χ1v) is 7.26. The maximum atomic E-state index is 9.42. The molecule has 0 saturated heterocycles. The van der Waals surface area contributed by atoms with Crippen LogP contribution in [0, 0.1) is 0 Å². The largest absolute Gasteiger partial charge is 0.493 e. The van der Waals surface area contributed by atoms with Crippen LogP contribution in [0.5, 0.6) is 5.88 Å². The summed E-state index contributed by atoms with van der Waals surface area (Å²) in [5.41, 5.74) is 2.95. The van der Waals surface area contributed by atoms with Crippen molar-refractivity contribution >= 4 is 22.6 Å². The smallest absolute Gasteiger partial charge is 0.210 e. The summed E-state index contributed by atoms with van der Waals surface area (Å²) in [6, 6.07) is 8.76. The first kappa shape index (κ1) is 13.7. The van der Waals surface area contributed by atoms with Crippen molar-refractivity contribution < 1.29 is 5.11 Å². The van der Waals surface area contributed by atoms with E-state index in [0.717, 1.165) is 10.9 Å². The zero-order valence-electron chi connectivity index (χ0n) is 11.8. The third-order valence-electron chi connectivity index (χ3n) is 3.43. The van der Waals surface area contributed by atoms with Gasteiger partial charge in [0.2, 0.25) is 5.88 Å². The van der Waals surface area contributed by atoms with Crippen molar-refractivity contribution in [2.75, 3.05) is 0 Å². The van der Waals surface area contributed by atoms with Crippen molar-refractivity contribution in [2.45, 2.75) is 6.54 Å². The molecule has 0 amide bonds. The second-order valence-corrected chi connectivity index (χ2v) is 5.41. The fourth-order valence-electron chi connectivity index (χ4n) is 2.44. The van der Waals surface area contributed by atoms with Gasteiger partial charge in [-0.2, -0.15) is 0 Å². The van der Waals surface area contributed by atoms with Crippen LogP contribution in [0.15, 0.2) is 42.7 Å². The summed E-state index contributed by atoms with van der Waals surface area (Å²) in [4.78, 5) is 11.3. The summed E-state index contributed by atoms with van der Waals surface area (Å²) in [7, 11) is 0. The van der Waals surface area contributed by atoms with Crippen LogP contribution in [0.4, 0.5) is 0 Å². The topological polar surface area (TPSA) is 92.5 Å². The minimum absolute atomic E-state index is 0.0159. The van der Waals surface area contributed by atoms with Crippen LogP contribution in [0.25, 0.3) is 22.3 Å². The van der Waals surface area contributed by atoms with Crippen molar-refractivity contribution in [3.8, 4) is 17.1 Å². The normalized spacial score (nSPS) is 11.2. The molecule has 0 radical (unpaired) electrons. The van der Waals surface area contributed by atoms with E-state index in [1.165, 1.54) is 6.07 Å². The third kappa shape index (κ3) is 2.62. The van der Waals surface area contributed by atoms with E-state index in [-0.39, 0.29) is 5.88 Å². The molecule has 0 spiro atoms. The number of hydrogen-bond acceptors (Lipinski definition) is 5. The lowest BCUT2D eigenvalue weighted by molar-refractivity contribution is 0.449. The van der Waals surface area contributed by atoms with Gasteiger partial charge in [-0.05, 0) is 18.2 Å². The zero-order valence-corrected chi connectivity index (χ0v) is 12.6. The van der Waals surface area contributed by atoms with Gasteiger partial charge < -0.3 is 10.1 Å². The molecule has 0 atom stereocenters. The Morgan fingerprint density at radius 2 is 2.13 bits per heavy atom. The molecule has 8 heteroatoms. The number of H-pyrrole nitrogens is 1. The number of aromatic hydroxyl groups is 1. The molecule has 4 heterocycles. The van der Waals surface area contributed by atoms with Crippen LogP contribution in [-0.2, 0) is 6.54 Å². The molecular weight excluding hydrogens is 316 g/mol. The Labute approximate surface area is 135 Å². The summed E-state index contributed by atoms with van der Waals surface area (Å²) in [5.74, 6) is -0.0159. The van der Waals surface area contributed by atoms with Gasteiger partial charge in [-0.3, -0.25) is 0 Å². The number of nitrogens with one attached hydrogen (secondary N) is 1. The van der Waals surface area contributed by atoms with Gasteiger partial charge in [0.25, 0.3) is 0 Å². The van der Waals surface area contributed by atoms with Crippen LogP contribution in [-0.4, -0.2) is 35.1 Å². The second kappa shape index (κ2) is 5.36. The van der Waals surface area contributed by atoms with Crippen LogP contribution >= 0.6 is 11.6 Å². The first-order chi connectivity index (χ1) is 11.2. The molecule has 0 unspecified atom stereocenters. The Morgan fingerprint density at radius 1 is 1.22 bits per heavy atom. The number of aromatic amines is 1. The van der Waals surface area contributed by atoms with Gasteiger partial charge in [0.15, 0.2) is 0 Å². The van der Waals surface area contributed by atoms with Crippen molar-refractivity contribution in [1.82, 2.24) is 29.9 Å². The van der Waals surface area contributed by atoms with E-state index in [1.54, 1.807) is 23.0 Å². The van der Waals surface area contributed by atoms with Gasteiger partial charge in [-0.1, -0.05) is 22.9 Å². The average Bonchev–Trinajstić information content (AvgIpc) is 3.15. The lowest BCUT2D eigenvalue weighted by Crippen LogP contribution is -2.02. The number of nitrogens with zero attached hydrogens (tertiary/aromatic N) is 5. The molecule has 0 aliphatic rings.